The molecule has 1 aromatic carbocycles. The van der Waals surface area contributed by atoms with Crippen molar-refractivity contribution in [2.24, 2.45) is 5.73 Å². The van der Waals surface area contributed by atoms with Gasteiger partial charge < -0.3 is 15.8 Å². The Kier molecular flexibility index (Phi) is 9.06. The van der Waals surface area contributed by atoms with Gasteiger partial charge >= 0.3 is 0 Å². The number of aryl methyl sites for hydroxylation is 1. The number of nitrogens with two attached hydrogens (primary N) is 1. The number of hydrogen-bond donors (Lipinski definition) is 2. The molecule has 0 saturated heterocycles. The van der Waals surface area contributed by atoms with E-state index < -0.39 is 0 Å². The van der Waals surface area contributed by atoms with Crippen LogP contribution in [-0.2, 0) is 4.79 Å². The van der Waals surface area contributed by atoms with Gasteiger partial charge in [0.05, 0.1) is 0 Å². The maximum atomic E-state index is 11.4. The highest BCUT2D eigenvalue weighted by atomic mass is 35.5. The average molecular weight is 273 g/mol. The van der Waals surface area contributed by atoms with E-state index >= 15 is 0 Å². The lowest BCUT2D eigenvalue weighted by Crippen LogP contribution is -2.29. The van der Waals surface area contributed by atoms with Gasteiger partial charge in [-0.25, -0.2) is 0 Å². The van der Waals surface area contributed by atoms with E-state index in [4.69, 9.17) is 10.5 Å². The highest BCUT2D eigenvalue weighted by Crippen LogP contribution is 2.10. The molecule has 0 saturated carbocycles. The summed E-state index contributed by atoms with van der Waals surface area (Å²) in [6.07, 6.45) is 1.84. The van der Waals surface area contributed by atoms with Gasteiger partial charge in [-0.3, -0.25) is 4.79 Å². The predicted octanol–water partition coefficient (Wildman–Crippen LogP) is 1.65. The third kappa shape index (κ3) is 7.14. The highest BCUT2D eigenvalue weighted by molar-refractivity contribution is 5.85. The summed E-state index contributed by atoms with van der Waals surface area (Å²) in [6.45, 7) is 3.39. The fourth-order valence-electron chi connectivity index (χ4n) is 1.33. The number of carbonyl (C=O) groups is 1. The quantitative estimate of drug-likeness (QED) is 0.742. The van der Waals surface area contributed by atoms with Crippen molar-refractivity contribution >= 4 is 18.3 Å². The van der Waals surface area contributed by atoms with Gasteiger partial charge in [0.15, 0.2) is 6.61 Å². The standard InChI is InChI=1S/C13H20N2O2.ClH/c1-11-4-6-12(7-5-11)17-10-13(16)15-9-3-2-8-14;/h4-7H,2-3,8-10,14H2,1H3,(H,15,16);1H. The van der Waals surface area contributed by atoms with Gasteiger partial charge in [-0.1, -0.05) is 17.7 Å². The van der Waals surface area contributed by atoms with Crippen LogP contribution in [0.2, 0.25) is 0 Å². The Labute approximate surface area is 114 Å². The number of rotatable bonds is 7. The van der Waals surface area contributed by atoms with Crippen molar-refractivity contribution in [3.05, 3.63) is 29.8 Å². The van der Waals surface area contributed by atoms with E-state index in [2.05, 4.69) is 5.32 Å². The average Bonchev–Trinajstić information content (AvgIpc) is 2.34. The fraction of sp³-hybridized carbons (Fsp3) is 0.462. The predicted molar refractivity (Wildman–Crippen MR) is 75.2 cm³/mol. The molecule has 4 nitrogen and oxygen atoms in total. The van der Waals surface area contributed by atoms with Crippen LogP contribution in [0.3, 0.4) is 0 Å². The number of halogens is 1. The Morgan fingerprint density at radius 3 is 2.56 bits per heavy atom. The first-order valence-corrected chi connectivity index (χ1v) is 5.88. The van der Waals surface area contributed by atoms with E-state index in [-0.39, 0.29) is 24.9 Å². The van der Waals surface area contributed by atoms with Gasteiger partial charge in [0.1, 0.15) is 5.75 Å². The van der Waals surface area contributed by atoms with Crippen LogP contribution in [-0.4, -0.2) is 25.6 Å². The van der Waals surface area contributed by atoms with Gasteiger partial charge in [-0.05, 0) is 38.4 Å². The van der Waals surface area contributed by atoms with Crippen molar-refractivity contribution in [3.63, 3.8) is 0 Å². The number of benzene rings is 1. The molecule has 0 aliphatic carbocycles. The molecule has 0 aliphatic heterocycles. The van der Waals surface area contributed by atoms with Gasteiger partial charge in [0, 0.05) is 6.54 Å². The molecule has 0 aromatic heterocycles. The van der Waals surface area contributed by atoms with Crippen molar-refractivity contribution in [1.29, 1.82) is 0 Å². The Morgan fingerprint density at radius 1 is 1.28 bits per heavy atom. The number of carbonyl (C=O) groups excluding carboxylic acids is 1. The summed E-state index contributed by atoms with van der Waals surface area (Å²) in [4.78, 5) is 11.4. The molecule has 0 spiro atoms. The zero-order chi connectivity index (χ0) is 12.5. The molecule has 0 fully saturated rings. The van der Waals surface area contributed by atoms with Crippen LogP contribution in [0.25, 0.3) is 0 Å². The van der Waals surface area contributed by atoms with E-state index in [9.17, 15) is 4.79 Å². The first-order valence-electron chi connectivity index (χ1n) is 5.88. The molecule has 0 aliphatic rings. The Hall–Kier alpha value is -1.26. The number of ether oxygens (including phenoxy) is 1. The summed E-state index contributed by atoms with van der Waals surface area (Å²) >= 11 is 0. The maximum Gasteiger partial charge on any atom is 0.257 e. The van der Waals surface area contributed by atoms with E-state index in [0.29, 0.717) is 18.8 Å². The maximum absolute atomic E-state index is 11.4. The molecule has 1 amide bonds. The van der Waals surface area contributed by atoms with E-state index in [1.165, 1.54) is 5.56 Å². The first-order chi connectivity index (χ1) is 8.22. The van der Waals surface area contributed by atoms with Crippen LogP contribution in [0.5, 0.6) is 5.75 Å². The van der Waals surface area contributed by atoms with Crippen LogP contribution < -0.4 is 15.8 Å². The largest absolute Gasteiger partial charge is 0.484 e. The number of nitrogens with one attached hydrogen (secondary N) is 1. The molecule has 3 N–H and O–H groups in total. The highest BCUT2D eigenvalue weighted by Gasteiger charge is 2.01. The summed E-state index contributed by atoms with van der Waals surface area (Å²) in [5.74, 6) is 0.621. The van der Waals surface area contributed by atoms with Gasteiger partial charge in [-0.15, -0.1) is 12.4 Å². The van der Waals surface area contributed by atoms with Crippen LogP contribution >= 0.6 is 12.4 Å². The molecule has 0 radical (unpaired) electrons. The summed E-state index contributed by atoms with van der Waals surface area (Å²) in [6, 6.07) is 7.62. The molecular formula is C13H21ClN2O2. The minimum absolute atomic E-state index is 0. The monoisotopic (exact) mass is 272 g/mol. The molecule has 5 heteroatoms. The SMILES string of the molecule is Cc1ccc(OCC(=O)NCCCCN)cc1.Cl. The zero-order valence-electron chi connectivity index (χ0n) is 10.6. The van der Waals surface area contributed by atoms with Crippen molar-refractivity contribution < 1.29 is 9.53 Å². The zero-order valence-corrected chi connectivity index (χ0v) is 11.5. The van der Waals surface area contributed by atoms with E-state index in [1.807, 2.05) is 31.2 Å². The molecule has 102 valence electrons. The van der Waals surface area contributed by atoms with Crippen molar-refractivity contribution in [3.8, 4) is 5.75 Å². The van der Waals surface area contributed by atoms with Crippen LogP contribution in [0, 0.1) is 6.92 Å². The van der Waals surface area contributed by atoms with Gasteiger partial charge in [-0.2, -0.15) is 0 Å². The minimum atomic E-state index is -0.0948. The summed E-state index contributed by atoms with van der Waals surface area (Å²) in [5, 5.41) is 2.78. The smallest absolute Gasteiger partial charge is 0.257 e. The second-order valence-electron chi connectivity index (χ2n) is 3.95. The lowest BCUT2D eigenvalue weighted by Gasteiger charge is -2.07. The first kappa shape index (κ1) is 16.7. The number of unbranched alkanes of at least 4 members (excludes halogenated alkanes) is 1. The molecule has 0 bridgehead atoms. The van der Waals surface area contributed by atoms with Gasteiger partial charge in [0.25, 0.3) is 5.91 Å². The summed E-state index contributed by atoms with van der Waals surface area (Å²) in [7, 11) is 0. The Balaban J connectivity index is 0.00000289. The Morgan fingerprint density at radius 2 is 1.94 bits per heavy atom. The van der Waals surface area contributed by atoms with Crippen molar-refractivity contribution in [2.75, 3.05) is 19.7 Å². The Bertz CT molecular complexity index is 341. The summed E-state index contributed by atoms with van der Waals surface area (Å²) < 4.78 is 5.34. The van der Waals surface area contributed by atoms with E-state index in [0.717, 1.165) is 12.8 Å². The molecule has 1 rings (SSSR count). The second kappa shape index (κ2) is 9.74. The molecular weight excluding hydrogens is 252 g/mol. The van der Waals surface area contributed by atoms with Crippen LogP contribution in [0.4, 0.5) is 0 Å². The molecule has 0 atom stereocenters. The molecule has 0 heterocycles. The summed E-state index contributed by atoms with van der Waals surface area (Å²) in [5.41, 5.74) is 6.52. The lowest BCUT2D eigenvalue weighted by molar-refractivity contribution is -0.123. The van der Waals surface area contributed by atoms with Crippen LogP contribution in [0.1, 0.15) is 18.4 Å². The van der Waals surface area contributed by atoms with Crippen molar-refractivity contribution in [2.45, 2.75) is 19.8 Å². The minimum Gasteiger partial charge on any atom is -0.484 e. The third-order valence-corrected chi connectivity index (χ3v) is 2.34. The van der Waals surface area contributed by atoms with Crippen LogP contribution in [0.15, 0.2) is 24.3 Å². The van der Waals surface area contributed by atoms with Crippen molar-refractivity contribution in [1.82, 2.24) is 5.32 Å². The lowest BCUT2D eigenvalue weighted by atomic mass is 10.2. The topological polar surface area (TPSA) is 64.3 Å². The van der Waals surface area contributed by atoms with Gasteiger partial charge in [0.2, 0.25) is 0 Å². The third-order valence-electron chi connectivity index (χ3n) is 2.34. The molecule has 18 heavy (non-hydrogen) atoms. The fourth-order valence-corrected chi connectivity index (χ4v) is 1.33. The number of hydrogen-bond acceptors (Lipinski definition) is 3. The molecule has 0 unspecified atom stereocenters. The normalized spacial score (nSPS) is 9.44. The second-order valence-corrected chi connectivity index (χ2v) is 3.95. The molecule has 1 aromatic rings. The van der Waals surface area contributed by atoms with E-state index in [1.54, 1.807) is 0 Å². The number of amides is 1.